The fourth-order valence-corrected chi connectivity index (χ4v) is 5.26. The first-order valence-electron chi connectivity index (χ1n) is 6.40. The predicted octanol–water partition coefficient (Wildman–Crippen LogP) is -0.0209. The van der Waals surface area contributed by atoms with E-state index < -0.39 is 10.0 Å². The van der Waals surface area contributed by atoms with E-state index in [1.807, 2.05) is 0 Å². The van der Waals surface area contributed by atoms with Crippen molar-refractivity contribution >= 4 is 26.5 Å². The second-order valence-corrected chi connectivity index (χ2v) is 8.08. The first-order valence-corrected chi connectivity index (χ1v) is 8.66. The molecule has 0 saturated carbocycles. The molecular formula is C10H17N5O2S2. The maximum atomic E-state index is 12.5. The monoisotopic (exact) mass is 303 g/mol. The van der Waals surface area contributed by atoms with Gasteiger partial charge in [0.2, 0.25) is 9.47 Å². The zero-order valence-electron chi connectivity index (χ0n) is 10.5. The van der Waals surface area contributed by atoms with Crippen molar-refractivity contribution in [3.63, 3.8) is 0 Å². The number of nitrogens with two attached hydrogens (primary N) is 1. The fraction of sp³-hybridized carbons (Fsp3) is 0.800. The third-order valence-corrected chi connectivity index (χ3v) is 6.71. The fourth-order valence-electron chi connectivity index (χ4n) is 2.83. The summed E-state index contributed by atoms with van der Waals surface area (Å²) in [6.07, 6.45) is 3.10. The highest BCUT2D eigenvalue weighted by atomic mass is 32.2. The Hall–Kier alpha value is -0.770. The lowest BCUT2D eigenvalue weighted by atomic mass is 10.2. The molecule has 1 aromatic heterocycles. The van der Waals surface area contributed by atoms with Crippen molar-refractivity contribution in [3.8, 4) is 0 Å². The average molecular weight is 303 g/mol. The van der Waals surface area contributed by atoms with Crippen LogP contribution in [0.15, 0.2) is 4.34 Å². The Morgan fingerprint density at radius 3 is 2.74 bits per heavy atom. The van der Waals surface area contributed by atoms with Crippen molar-refractivity contribution < 1.29 is 8.42 Å². The Balaban J connectivity index is 1.84. The predicted molar refractivity (Wildman–Crippen MR) is 72.3 cm³/mol. The van der Waals surface area contributed by atoms with Gasteiger partial charge in [0, 0.05) is 19.1 Å². The second-order valence-electron chi connectivity index (χ2n) is 4.95. The van der Waals surface area contributed by atoms with Crippen LogP contribution in [0.25, 0.3) is 0 Å². The Morgan fingerprint density at radius 1 is 1.21 bits per heavy atom. The van der Waals surface area contributed by atoms with Gasteiger partial charge in [0.25, 0.3) is 10.0 Å². The smallest absolute Gasteiger partial charge is 0.272 e. The molecule has 2 fully saturated rings. The van der Waals surface area contributed by atoms with E-state index >= 15 is 0 Å². The molecule has 1 aromatic rings. The number of nitrogens with zero attached hydrogens (tertiary/aromatic N) is 4. The third kappa shape index (κ3) is 2.47. The largest absolute Gasteiger partial charge is 0.374 e. The molecule has 0 bridgehead atoms. The Labute approximate surface area is 116 Å². The molecule has 7 nitrogen and oxygen atoms in total. The van der Waals surface area contributed by atoms with Gasteiger partial charge in [0.15, 0.2) is 0 Å². The standard InChI is InChI=1S/C10H17N5O2S2/c11-9-12-13-10(18-9)19(16,17)15-6-2-5-14-4-1-3-8(14)7-15/h8H,1-7H2,(H2,11,12). The zero-order chi connectivity index (χ0) is 13.5. The molecule has 0 aliphatic carbocycles. The van der Waals surface area contributed by atoms with Gasteiger partial charge in [-0.25, -0.2) is 8.42 Å². The normalized spacial score (nSPS) is 26.2. The average Bonchev–Trinajstić information content (AvgIpc) is 2.94. The highest BCUT2D eigenvalue weighted by Crippen LogP contribution is 2.26. The summed E-state index contributed by atoms with van der Waals surface area (Å²) in [7, 11) is -3.53. The van der Waals surface area contributed by atoms with Gasteiger partial charge in [-0.05, 0) is 32.4 Å². The molecule has 2 aliphatic heterocycles. The molecule has 106 valence electrons. The minimum Gasteiger partial charge on any atom is -0.374 e. The number of nitrogen functional groups attached to an aromatic ring is 1. The maximum Gasteiger partial charge on any atom is 0.272 e. The highest BCUT2D eigenvalue weighted by Gasteiger charge is 2.35. The lowest BCUT2D eigenvalue weighted by Gasteiger charge is -2.24. The number of fused-ring (bicyclic) bond motifs is 1. The number of rotatable bonds is 2. The summed E-state index contributed by atoms with van der Waals surface area (Å²) in [6, 6.07) is 0.350. The lowest BCUT2D eigenvalue weighted by molar-refractivity contribution is 0.257. The van der Waals surface area contributed by atoms with Crippen LogP contribution in [0.5, 0.6) is 0 Å². The van der Waals surface area contributed by atoms with E-state index in [2.05, 4.69) is 15.1 Å². The van der Waals surface area contributed by atoms with Gasteiger partial charge in [-0.3, -0.25) is 4.90 Å². The van der Waals surface area contributed by atoms with Gasteiger partial charge in [-0.15, -0.1) is 10.2 Å². The Bertz CT molecular complexity index is 558. The van der Waals surface area contributed by atoms with Crippen LogP contribution in [0, 0.1) is 0 Å². The summed E-state index contributed by atoms with van der Waals surface area (Å²) in [5, 5.41) is 7.47. The van der Waals surface area contributed by atoms with Gasteiger partial charge < -0.3 is 5.73 Å². The van der Waals surface area contributed by atoms with Gasteiger partial charge >= 0.3 is 0 Å². The van der Waals surface area contributed by atoms with Crippen LogP contribution >= 0.6 is 11.3 Å². The number of sulfonamides is 1. The Morgan fingerprint density at radius 2 is 2.00 bits per heavy atom. The van der Waals surface area contributed by atoms with Crippen molar-refractivity contribution in [3.05, 3.63) is 0 Å². The first kappa shape index (κ1) is 13.2. The maximum absolute atomic E-state index is 12.5. The molecule has 2 N–H and O–H groups in total. The molecule has 19 heavy (non-hydrogen) atoms. The summed E-state index contributed by atoms with van der Waals surface area (Å²) < 4.78 is 26.6. The number of hydrogen-bond acceptors (Lipinski definition) is 7. The van der Waals surface area contributed by atoms with Gasteiger partial charge in [-0.1, -0.05) is 11.3 Å². The molecule has 9 heteroatoms. The van der Waals surface area contributed by atoms with E-state index in [-0.39, 0.29) is 9.47 Å². The van der Waals surface area contributed by atoms with Crippen molar-refractivity contribution in [2.24, 2.45) is 0 Å². The molecule has 2 aliphatic rings. The van der Waals surface area contributed by atoms with E-state index in [1.165, 1.54) is 0 Å². The van der Waals surface area contributed by atoms with Crippen molar-refractivity contribution in [2.75, 3.05) is 31.9 Å². The van der Waals surface area contributed by atoms with Crippen LogP contribution in [-0.2, 0) is 10.0 Å². The van der Waals surface area contributed by atoms with Crippen LogP contribution in [0.2, 0.25) is 0 Å². The molecule has 0 aromatic carbocycles. The van der Waals surface area contributed by atoms with Crippen LogP contribution < -0.4 is 5.73 Å². The third-order valence-electron chi connectivity index (χ3n) is 3.75. The SMILES string of the molecule is Nc1nnc(S(=O)(=O)N2CCCN3CCCC3C2)s1. The first-order chi connectivity index (χ1) is 9.07. The molecule has 1 unspecified atom stereocenters. The molecule has 0 spiro atoms. The highest BCUT2D eigenvalue weighted by molar-refractivity contribution is 7.91. The molecular weight excluding hydrogens is 286 g/mol. The van der Waals surface area contributed by atoms with Crippen molar-refractivity contribution in [1.82, 2.24) is 19.4 Å². The van der Waals surface area contributed by atoms with Crippen LogP contribution in [0.3, 0.4) is 0 Å². The molecule has 3 rings (SSSR count). The van der Waals surface area contributed by atoms with E-state index in [9.17, 15) is 8.42 Å². The van der Waals surface area contributed by atoms with E-state index in [0.717, 1.165) is 43.7 Å². The topological polar surface area (TPSA) is 92.4 Å². The quantitative estimate of drug-likeness (QED) is 0.825. The summed E-state index contributed by atoms with van der Waals surface area (Å²) in [5.74, 6) is 0. The van der Waals surface area contributed by atoms with Gasteiger partial charge in [-0.2, -0.15) is 4.31 Å². The van der Waals surface area contributed by atoms with Crippen molar-refractivity contribution in [1.29, 1.82) is 0 Å². The van der Waals surface area contributed by atoms with Crippen LogP contribution in [0.1, 0.15) is 19.3 Å². The van der Waals surface area contributed by atoms with Crippen LogP contribution in [0.4, 0.5) is 5.13 Å². The van der Waals surface area contributed by atoms with E-state index in [1.54, 1.807) is 4.31 Å². The zero-order valence-corrected chi connectivity index (χ0v) is 12.2. The summed E-state index contributed by atoms with van der Waals surface area (Å²) in [6.45, 7) is 3.18. The number of hydrogen-bond donors (Lipinski definition) is 1. The molecule has 1 atom stereocenters. The second kappa shape index (κ2) is 4.97. The summed E-state index contributed by atoms with van der Waals surface area (Å²) >= 11 is 0.933. The molecule has 0 radical (unpaired) electrons. The van der Waals surface area contributed by atoms with E-state index in [4.69, 9.17) is 5.73 Å². The summed E-state index contributed by atoms with van der Waals surface area (Å²) in [4.78, 5) is 2.39. The molecule has 2 saturated heterocycles. The van der Waals surface area contributed by atoms with E-state index in [0.29, 0.717) is 19.1 Å². The Kier molecular flexibility index (Phi) is 3.46. The molecule has 0 amide bonds. The lowest BCUT2D eigenvalue weighted by Crippen LogP contribution is -2.39. The minimum absolute atomic E-state index is 0.0106. The van der Waals surface area contributed by atoms with Gasteiger partial charge in [0.1, 0.15) is 0 Å². The number of anilines is 1. The van der Waals surface area contributed by atoms with Crippen molar-refractivity contribution in [2.45, 2.75) is 29.6 Å². The number of aromatic nitrogens is 2. The van der Waals surface area contributed by atoms with Crippen LogP contribution in [-0.4, -0.2) is 60.0 Å². The summed E-state index contributed by atoms with van der Waals surface area (Å²) in [5.41, 5.74) is 5.47. The minimum atomic E-state index is -3.53. The molecule has 3 heterocycles. The van der Waals surface area contributed by atoms with Gasteiger partial charge in [0.05, 0.1) is 0 Å².